The average Bonchev–Trinajstić information content (AvgIpc) is 2.71. The largest absolute Gasteiger partial charge is 0.369 e. The first-order valence-electron chi connectivity index (χ1n) is 6.73. The molecular formula is C13H25ClN2O2. The lowest BCUT2D eigenvalue weighted by Gasteiger charge is -2.29. The minimum absolute atomic E-state index is 0. The second kappa shape index (κ2) is 6.73. The molecule has 0 aromatic carbocycles. The Bertz CT molecular complexity index is 286. The number of nitrogens with two attached hydrogens (primary N) is 1. The number of carbonyl (C=O) groups excluding carboxylic acids is 1. The maximum atomic E-state index is 12.0. The van der Waals surface area contributed by atoms with Crippen LogP contribution in [0.5, 0.6) is 0 Å². The standard InChI is InChI=1S/C13H24N2O2.ClH/c1-9(2)17-8-13(16)15-6-10-4-3-5-12(14)11(10)7-15;/h9-12H,3-8,14H2,1-2H3;1H. The van der Waals surface area contributed by atoms with Crippen molar-refractivity contribution in [3.63, 3.8) is 0 Å². The summed E-state index contributed by atoms with van der Waals surface area (Å²) in [5.74, 6) is 1.27. The van der Waals surface area contributed by atoms with Crippen molar-refractivity contribution >= 4 is 18.3 Å². The molecule has 0 spiro atoms. The van der Waals surface area contributed by atoms with Crippen molar-refractivity contribution in [3.8, 4) is 0 Å². The van der Waals surface area contributed by atoms with Gasteiger partial charge in [-0.2, -0.15) is 0 Å². The summed E-state index contributed by atoms with van der Waals surface area (Å²) in [6.07, 6.45) is 3.68. The number of fused-ring (bicyclic) bond motifs is 1. The molecule has 2 N–H and O–H groups in total. The number of carbonyl (C=O) groups is 1. The molecule has 0 aromatic rings. The maximum Gasteiger partial charge on any atom is 0.248 e. The highest BCUT2D eigenvalue weighted by molar-refractivity contribution is 5.85. The predicted octanol–water partition coefficient (Wildman–Crippen LogP) is 1.42. The van der Waals surface area contributed by atoms with Crippen LogP contribution in [0.15, 0.2) is 0 Å². The van der Waals surface area contributed by atoms with Crippen LogP contribution in [0.2, 0.25) is 0 Å². The van der Waals surface area contributed by atoms with Gasteiger partial charge in [0.2, 0.25) is 5.91 Å². The lowest BCUT2D eigenvalue weighted by molar-refractivity contribution is -0.136. The van der Waals surface area contributed by atoms with E-state index in [0.717, 1.165) is 19.5 Å². The van der Waals surface area contributed by atoms with Crippen molar-refractivity contribution in [1.82, 2.24) is 4.90 Å². The van der Waals surface area contributed by atoms with Crippen molar-refractivity contribution in [2.24, 2.45) is 17.6 Å². The van der Waals surface area contributed by atoms with Crippen LogP contribution >= 0.6 is 12.4 Å². The van der Waals surface area contributed by atoms with E-state index in [1.165, 1.54) is 12.8 Å². The first kappa shape index (κ1) is 15.7. The Kier molecular flexibility index (Phi) is 5.89. The van der Waals surface area contributed by atoms with E-state index in [1.807, 2.05) is 18.7 Å². The summed E-state index contributed by atoms with van der Waals surface area (Å²) >= 11 is 0. The minimum Gasteiger partial charge on any atom is -0.369 e. The van der Waals surface area contributed by atoms with Crippen molar-refractivity contribution in [1.29, 1.82) is 0 Å². The number of amides is 1. The molecule has 1 heterocycles. The summed E-state index contributed by atoms with van der Waals surface area (Å²) in [5.41, 5.74) is 6.14. The lowest BCUT2D eigenvalue weighted by atomic mass is 9.78. The molecule has 106 valence electrons. The highest BCUT2D eigenvalue weighted by Crippen LogP contribution is 2.35. The molecule has 2 aliphatic rings. The fraction of sp³-hybridized carbons (Fsp3) is 0.923. The van der Waals surface area contributed by atoms with E-state index < -0.39 is 0 Å². The second-order valence-electron chi connectivity index (χ2n) is 5.68. The average molecular weight is 277 g/mol. The fourth-order valence-electron chi connectivity index (χ4n) is 3.05. The molecule has 1 saturated heterocycles. The summed E-state index contributed by atoms with van der Waals surface area (Å²) in [5, 5.41) is 0. The van der Waals surface area contributed by atoms with Gasteiger partial charge in [0.05, 0.1) is 6.10 Å². The van der Waals surface area contributed by atoms with Crippen LogP contribution in [-0.4, -0.2) is 42.6 Å². The predicted molar refractivity (Wildman–Crippen MR) is 73.7 cm³/mol. The molecule has 4 nitrogen and oxygen atoms in total. The molecule has 0 aromatic heterocycles. The molecule has 2 rings (SSSR count). The Labute approximate surface area is 116 Å². The number of ether oxygens (including phenoxy) is 1. The summed E-state index contributed by atoms with van der Waals surface area (Å²) in [4.78, 5) is 13.9. The van der Waals surface area contributed by atoms with Crippen molar-refractivity contribution < 1.29 is 9.53 Å². The fourth-order valence-corrected chi connectivity index (χ4v) is 3.05. The van der Waals surface area contributed by atoms with E-state index in [2.05, 4.69) is 0 Å². The Morgan fingerprint density at radius 3 is 2.72 bits per heavy atom. The summed E-state index contributed by atoms with van der Waals surface area (Å²) in [6, 6.07) is 0.289. The molecule has 2 fully saturated rings. The molecule has 3 unspecified atom stereocenters. The van der Waals surface area contributed by atoms with Gasteiger partial charge in [0.1, 0.15) is 6.61 Å². The first-order valence-corrected chi connectivity index (χ1v) is 6.73. The molecule has 1 aliphatic heterocycles. The highest BCUT2D eigenvalue weighted by Gasteiger charge is 2.40. The van der Waals surface area contributed by atoms with Gasteiger partial charge in [-0.05, 0) is 38.5 Å². The van der Waals surface area contributed by atoms with E-state index >= 15 is 0 Å². The van der Waals surface area contributed by atoms with Crippen molar-refractivity contribution in [3.05, 3.63) is 0 Å². The zero-order valence-electron chi connectivity index (χ0n) is 11.3. The van der Waals surface area contributed by atoms with E-state index in [-0.39, 0.29) is 37.1 Å². The lowest BCUT2D eigenvalue weighted by Crippen LogP contribution is -2.39. The SMILES string of the molecule is CC(C)OCC(=O)N1CC2CCCC(N)C2C1.Cl. The molecule has 3 atom stereocenters. The Morgan fingerprint density at radius 2 is 2.11 bits per heavy atom. The van der Waals surface area contributed by atoms with Gasteiger partial charge < -0.3 is 15.4 Å². The number of rotatable bonds is 3. The summed E-state index contributed by atoms with van der Waals surface area (Å²) in [6.45, 7) is 5.84. The topological polar surface area (TPSA) is 55.6 Å². The summed E-state index contributed by atoms with van der Waals surface area (Å²) in [7, 11) is 0. The van der Waals surface area contributed by atoms with E-state index in [1.54, 1.807) is 0 Å². The Hall–Kier alpha value is -0.320. The second-order valence-corrected chi connectivity index (χ2v) is 5.68. The molecule has 18 heavy (non-hydrogen) atoms. The maximum absolute atomic E-state index is 12.0. The normalized spacial score (nSPS) is 31.1. The first-order chi connectivity index (χ1) is 8.08. The number of halogens is 1. The third-order valence-corrected chi connectivity index (χ3v) is 4.05. The molecule has 1 aliphatic carbocycles. The number of hydrogen-bond donors (Lipinski definition) is 1. The van der Waals surface area contributed by atoms with Gasteiger partial charge in [0.25, 0.3) is 0 Å². The quantitative estimate of drug-likeness (QED) is 0.848. The Balaban J connectivity index is 0.00000162. The van der Waals surface area contributed by atoms with Crippen LogP contribution in [-0.2, 0) is 9.53 Å². The van der Waals surface area contributed by atoms with Crippen LogP contribution in [0.4, 0.5) is 0 Å². The molecule has 5 heteroatoms. The number of hydrogen-bond acceptors (Lipinski definition) is 3. The highest BCUT2D eigenvalue weighted by atomic mass is 35.5. The van der Waals surface area contributed by atoms with Crippen LogP contribution in [0.3, 0.4) is 0 Å². The molecule has 0 radical (unpaired) electrons. The van der Waals surface area contributed by atoms with Crippen LogP contribution < -0.4 is 5.73 Å². The van der Waals surface area contributed by atoms with Gasteiger partial charge in [-0.25, -0.2) is 0 Å². The molecule has 1 amide bonds. The number of likely N-dealkylation sites (tertiary alicyclic amines) is 1. The van der Waals surface area contributed by atoms with Gasteiger partial charge in [0, 0.05) is 19.1 Å². The molecular weight excluding hydrogens is 252 g/mol. The molecule has 1 saturated carbocycles. The monoisotopic (exact) mass is 276 g/mol. The van der Waals surface area contributed by atoms with Gasteiger partial charge in [-0.1, -0.05) is 6.42 Å². The Morgan fingerprint density at radius 1 is 1.39 bits per heavy atom. The summed E-state index contributed by atoms with van der Waals surface area (Å²) < 4.78 is 5.37. The van der Waals surface area contributed by atoms with Crippen molar-refractivity contribution in [2.75, 3.05) is 19.7 Å². The van der Waals surface area contributed by atoms with Gasteiger partial charge in [0.15, 0.2) is 0 Å². The van der Waals surface area contributed by atoms with Crippen molar-refractivity contribution in [2.45, 2.75) is 45.3 Å². The van der Waals surface area contributed by atoms with Gasteiger partial charge in [-0.3, -0.25) is 4.79 Å². The van der Waals surface area contributed by atoms with E-state index in [4.69, 9.17) is 10.5 Å². The van der Waals surface area contributed by atoms with Gasteiger partial charge in [-0.15, -0.1) is 12.4 Å². The third kappa shape index (κ3) is 3.59. The zero-order valence-corrected chi connectivity index (χ0v) is 12.1. The minimum atomic E-state index is 0. The van der Waals surface area contributed by atoms with E-state index in [9.17, 15) is 4.79 Å². The van der Waals surface area contributed by atoms with Crippen LogP contribution in [0.1, 0.15) is 33.1 Å². The number of nitrogens with zero attached hydrogens (tertiary/aromatic N) is 1. The zero-order chi connectivity index (χ0) is 12.4. The van der Waals surface area contributed by atoms with Crippen LogP contribution in [0, 0.1) is 11.8 Å². The van der Waals surface area contributed by atoms with E-state index in [0.29, 0.717) is 11.8 Å². The third-order valence-electron chi connectivity index (χ3n) is 4.05. The van der Waals surface area contributed by atoms with Gasteiger partial charge >= 0.3 is 0 Å². The smallest absolute Gasteiger partial charge is 0.248 e. The van der Waals surface area contributed by atoms with Crippen LogP contribution in [0.25, 0.3) is 0 Å². The molecule has 0 bridgehead atoms.